The second-order valence-corrected chi connectivity index (χ2v) is 7.40. The van der Waals surface area contributed by atoms with Crippen molar-refractivity contribution in [1.82, 2.24) is 0 Å². The van der Waals surface area contributed by atoms with Gasteiger partial charge in [0.15, 0.2) is 5.78 Å². The first-order valence-corrected chi connectivity index (χ1v) is 5.56. The summed E-state index contributed by atoms with van der Waals surface area (Å²) in [5.41, 5.74) is 0.587. The molecule has 70 valence electrons. The van der Waals surface area contributed by atoms with Gasteiger partial charge >= 0.3 is 0 Å². The molecule has 0 saturated carbocycles. The highest BCUT2D eigenvalue weighted by Crippen LogP contribution is 2.30. The summed E-state index contributed by atoms with van der Waals surface area (Å²) < 4.78 is -0.718. The molecule has 1 nitrogen and oxygen atoms in total. The Hall–Kier alpha value is 0.140. The largest absolute Gasteiger partial charge is 0.292 e. The van der Waals surface area contributed by atoms with Crippen molar-refractivity contribution in [2.24, 2.45) is 0 Å². The Morgan fingerprint density at radius 2 is 2.08 bits per heavy atom. The Bertz CT molecular complexity index is 331. The fourth-order valence-corrected chi connectivity index (χ4v) is 1.53. The summed E-state index contributed by atoms with van der Waals surface area (Å²) in [4.78, 5) is 11.7. The first-order valence-electron chi connectivity index (χ1n) is 3.59. The number of rotatable bonds is 2. The molecule has 13 heavy (non-hydrogen) atoms. The molecule has 0 fully saturated rings. The van der Waals surface area contributed by atoms with E-state index in [1.54, 1.807) is 31.2 Å². The number of ketones is 1. The van der Waals surface area contributed by atoms with Crippen LogP contribution in [-0.4, -0.2) is 9.02 Å². The van der Waals surface area contributed by atoms with Gasteiger partial charge in [0.1, 0.15) is 3.23 Å². The molecule has 0 aromatic heterocycles. The Labute approximate surface area is 98.7 Å². The van der Waals surface area contributed by atoms with Gasteiger partial charge in [0, 0.05) is 10.6 Å². The van der Waals surface area contributed by atoms with Gasteiger partial charge in [-0.05, 0) is 19.1 Å². The molecule has 0 atom stereocenters. The molecule has 0 unspecified atom stereocenters. The van der Waals surface area contributed by atoms with Crippen LogP contribution in [0.1, 0.15) is 17.3 Å². The summed E-state index contributed by atoms with van der Waals surface area (Å²) in [7, 11) is 0. The lowest BCUT2D eigenvalue weighted by Crippen LogP contribution is -2.20. The summed E-state index contributed by atoms with van der Waals surface area (Å²) in [6.45, 7) is 1.73. The van der Waals surface area contributed by atoms with Crippen molar-refractivity contribution in [3.05, 3.63) is 34.9 Å². The molecule has 0 amide bonds. The molecule has 0 N–H and O–H groups in total. The zero-order chi connectivity index (χ0) is 10.1. The minimum Gasteiger partial charge on any atom is -0.292 e. The fraction of sp³-hybridized carbons (Fsp3) is 0.222. The van der Waals surface area contributed by atoms with Crippen LogP contribution in [0.25, 0.3) is 0 Å². The second-order valence-electron chi connectivity index (χ2n) is 2.73. The van der Waals surface area contributed by atoms with Gasteiger partial charge in [0.25, 0.3) is 0 Å². The SMILES string of the molecule is CC(Br)(Br)C(=O)c1cccc(Cl)c1. The molecular formula is C9H7Br2ClO. The number of Topliss-reactive ketones (excluding diaryl/α,β-unsaturated/α-hetero) is 1. The van der Waals surface area contributed by atoms with Crippen LogP contribution < -0.4 is 0 Å². The highest BCUT2D eigenvalue weighted by Gasteiger charge is 2.27. The molecular weight excluding hydrogens is 319 g/mol. The van der Waals surface area contributed by atoms with Gasteiger partial charge in [0.2, 0.25) is 0 Å². The highest BCUT2D eigenvalue weighted by molar-refractivity contribution is 9.25. The third-order valence-electron chi connectivity index (χ3n) is 1.49. The second kappa shape index (κ2) is 4.11. The van der Waals surface area contributed by atoms with Gasteiger partial charge in [-0.2, -0.15) is 0 Å². The van der Waals surface area contributed by atoms with E-state index in [1.807, 2.05) is 0 Å². The maximum atomic E-state index is 11.7. The van der Waals surface area contributed by atoms with Crippen LogP contribution in [0, 0.1) is 0 Å². The topological polar surface area (TPSA) is 17.1 Å². The number of benzene rings is 1. The highest BCUT2D eigenvalue weighted by atomic mass is 79.9. The van der Waals surface area contributed by atoms with Crippen molar-refractivity contribution in [3.63, 3.8) is 0 Å². The maximum Gasteiger partial charge on any atom is 0.189 e. The van der Waals surface area contributed by atoms with Crippen LogP contribution in [-0.2, 0) is 0 Å². The molecule has 0 aliphatic heterocycles. The van der Waals surface area contributed by atoms with E-state index in [0.717, 1.165) is 0 Å². The van der Waals surface area contributed by atoms with Gasteiger partial charge in [-0.1, -0.05) is 55.6 Å². The van der Waals surface area contributed by atoms with Crippen molar-refractivity contribution < 1.29 is 4.79 Å². The molecule has 0 saturated heterocycles. The molecule has 1 rings (SSSR count). The average molecular weight is 326 g/mol. The van der Waals surface area contributed by atoms with E-state index in [2.05, 4.69) is 31.9 Å². The van der Waals surface area contributed by atoms with Gasteiger partial charge in [-0.25, -0.2) is 0 Å². The van der Waals surface area contributed by atoms with Crippen LogP contribution >= 0.6 is 43.5 Å². The molecule has 0 bridgehead atoms. The van der Waals surface area contributed by atoms with Gasteiger partial charge in [-0.15, -0.1) is 0 Å². The van der Waals surface area contributed by atoms with E-state index in [0.29, 0.717) is 10.6 Å². The van der Waals surface area contributed by atoms with E-state index in [-0.39, 0.29) is 5.78 Å². The molecule has 0 spiro atoms. The normalized spacial score (nSPS) is 11.4. The van der Waals surface area contributed by atoms with Crippen molar-refractivity contribution in [2.45, 2.75) is 10.2 Å². The first kappa shape index (κ1) is 11.2. The van der Waals surface area contributed by atoms with Crippen molar-refractivity contribution in [2.75, 3.05) is 0 Å². The number of carbonyl (C=O) groups excluding carboxylic acids is 1. The number of carbonyl (C=O) groups is 1. The predicted molar refractivity (Wildman–Crippen MR) is 62.0 cm³/mol. The van der Waals surface area contributed by atoms with Crippen LogP contribution in [0.3, 0.4) is 0 Å². The molecule has 1 aromatic rings. The van der Waals surface area contributed by atoms with Gasteiger partial charge < -0.3 is 0 Å². The minimum absolute atomic E-state index is 0.0463. The van der Waals surface area contributed by atoms with E-state index in [9.17, 15) is 4.79 Å². The number of hydrogen-bond donors (Lipinski definition) is 0. The van der Waals surface area contributed by atoms with Gasteiger partial charge in [-0.3, -0.25) is 4.79 Å². The lowest BCUT2D eigenvalue weighted by Gasteiger charge is -2.12. The number of halogens is 3. The van der Waals surface area contributed by atoms with E-state index >= 15 is 0 Å². The Balaban J connectivity index is 3.03. The lowest BCUT2D eigenvalue weighted by atomic mass is 10.1. The van der Waals surface area contributed by atoms with Crippen LogP contribution in [0.5, 0.6) is 0 Å². The van der Waals surface area contributed by atoms with E-state index < -0.39 is 3.23 Å². The quantitative estimate of drug-likeness (QED) is 0.592. The average Bonchev–Trinajstić information content (AvgIpc) is 2.01. The van der Waals surface area contributed by atoms with Crippen molar-refractivity contribution in [3.8, 4) is 0 Å². The minimum atomic E-state index is -0.718. The fourth-order valence-electron chi connectivity index (χ4n) is 0.883. The third-order valence-corrected chi connectivity index (χ3v) is 2.44. The Kier molecular flexibility index (Phi) is 3.55. The van der Waals surface area contributed by atoms with Crippen LogP contribution in [0.4, 0.5) is 0 Å². The summed E-state index contributed by atoms with van der Waals surface area (Å²) in [6.07, 6.45) is 0. The number of hydrogen-bond acceptors (Lipinski definition) is 1. The molecule has 0 aliphatic carbocycles. The molecule has 0 radical (unpaired) electrons. The van der Waals surface area contributed by atoms with Crippen LogP contribution in [0.2, 0.25) is 5.02 Å². The Morgan fingerprint density at radius 1 is 1.46 bits per heavy atom. The van der Waals surface area contributed by atoms with E-state index in [1.165, 1.54) is 0 Å². The zero-order valence-corrected chi connectivity index (χ0v) is 10.8. The first-order chi connectivity index (χ1) is 5.91. The monoisotopic (exact) mass is 324 g/mol. The Morgan fingerprint density at radius 3 is 2.54 bits per heavy atom. The van der Waals surface area contributed by atoms with Crippen LogP contribution in [0.15, 0.2) is 24.3 Å². The molecule has 4 heteroatoms. The molecule has 0 heterocycles. The third kappa shape index (κ3) is 3.08. The summed E-state index contributed by atoms with van der Waals surface area (Å²) in [5, 5.41) is 0.565. The summed E-state index contributed by atoms with van der Waals surface area (Å²) >= 11 is 12.2. The van der Waals surface area contributed by atoms with Crippen molar-refractivity contribution >= 4 is 49.2 Å². The lowest BCUT2D eigenvalue weighted by molar-refractivity contribution is 0.0988. The number of alkyl halides is 2. The summed E-state index contributed by atoms with van der Waals surface area (Å²) in [5.74, 6) is -0.0463. The van der Waals surface area contributed by atoms with E-state index in [4.69, 9.17) is 11.6 Å². The molecule has 1 aromatic carbocycles. The summed E-state index contributed by atoms with van der Waals surface area (Å²) in [6, 6.07) is 6.86. The van der Waals surface area contributed by atoms with Crippen molar-refractivity contribution in [1.29, 1.82) is 0 Å². The predicted octanol–water partition coefficient (Wildman–Crippen LogP) is 4.03. The molecule has 0 aliphatic rings. The standard InChI is InChI=1S/C9H7Br2ClO/c1-9(10,11)8(13)6-3-2-4-7(12)5-6/h2-5H,1H3. The maximum absolute atomic E-state index is 11.7. The van der Waals surface area contributed by atoms with Gasteiger partial charge in [0.05, 0.1) is 0 Å². The zero-order valence-electron chi connectivity index (χ0n) is 6.85. The smallest absolute Gasteiger partial charge is 0.189 e.